The Bertz CT molecular complexity index is 4360. The number of aryl methyl sites for hydroxylation is 12. The van der Waals surface area contributed by atoms with Crippen molar-refractivity contribution in [1.29, 1.82) is 0 Å². The summed E-state index contributed by atoms with van der Waals surface area (Å²) in [4.78, 5) is 7.05. The summed E-state index contributed by atoms with van der Waals surface area (Å²) in [6.07, 6.45) is 9.57. The molecule has 500 valence electrons. The number of fused-ring (bicyclic) bond motifs is 7. The van der Waals surface area contributed by atoms with E-state index in [-0.39, 0.29) is 10.8 Å². The average molecular weight is 1300 g/mol. The largest absolute Gasteiger partial charge is 0.311 e. The Labute approximate surface area is 593 Å². The van der Waals surface area contributed by atoms with Gasteiger partial charge in [0.2, 0.25) is 0 Å². The third-order valence-electron chi connectivity index (χ3n) is 20.6. The monoisotopic (exact) mass is 1300 g/mol. The number of hydrogen-bond acceptors (Lipinski definition) is 3. The summed E-state index contributed by atoms with van der Waals surface area (Å²) in [6.45, 7) is 31.0. The van der Waals surface area contributed by atoms with Gasteiger partial charge >= 0.3 is 0 Å². The third-order valence-corrected chi connectivity index (χ3v) is 20.6. The van der Waals surface area contributed by atoms with Crippen molar-refractivity contribution in [2.24, 2.45) is 0 Å². The van der Waals surface area contributed by atoms with Crippen molar-refractivity contribution in [3.05, 3.63) is 350 Å². The predicted octanol–water partition coefficient (Wildman–Crippen LogP) is 27.0. The number of anilines is 9. The van der Waals surface area contributed by atoms with Crippen LogP contribution in [0.25, 0.3) is 22.3 Å². The Morgan fingerprint density at radius 2 is 0.465 bits per heavy atom. The normalized spacial score (nSPS) is 12.9. The summed E-state index contributed by atoms with van der Waals surface area (Å²) in [5.74, 6) is 0. The molecule has 0 bridgehead atoms. The predicted molar refractivity (Wildman–Crippen MR) is 427 cm³/mol. The molecule has 0 aromatic heterocycles. The van der Waals surface area contributed by atoms with Crippen molar-refractivity contribution in [1.82, 2.24) is 0 Å². The van der Waals surface area contributed by atoms with Crippen molar-refractivity contribution in [3.63, 3.8) is 0 Å². The molecule has 0 spiro atoms. The molecular weight excluding hydrogens is 1200 g/mol. The zero-order chi connectivity index (χ0) is 69.5. The van der Waals surface area contributed by atoms with E-state index in [2.05, 4.69) is 372 Å². The molecule has 0 unspecified atom stereocenters. The highest BCUT2D eigenvalue weighted by atomic mass is 15.2. The molecule has 0 heterocycles. The lowest BCUT2D eigenvalue weighted by Gasteiger charge is -2.28. The molecule has 15 rings (SSSR count). The lowest BCUT2D eigenvalue weighted by molar-refractivity contribution is 0.659. The standard InChI is InChI=1S/C40H44N2.C22H21N.2C17H18/c1-5-7-9-33-15-23-37(24-16-33)42(38-25-17-34(18-26-38)10-8-6-2)40-29-27-39(28-30-40)41(35-19-11-31(3)12-20-35)36-21-13-32(4)14-22-36;1-16-3-10-20(11-4-16)23(21-12-5-17(2)6-13-21)22-14-9-18-7-8-19(18)15-22;2*1-11-5-7-13-14-8-6-12(2)10-16(14)17(3,4)15(13)9-11/h11-30H,5-10H2,1-4H3;3-6,9-15H,7-8H2,1-2H3;2*5-10H,1-4H3. The van der Waals surface area contributed by atoms with Gasteiger partial charge in [-0.3, -0.25) is 0 Å². The van der Waals surface area contributed by atoms with Gasteiger partial charge in [-0.05, 0) is 270 Å². The first-order valence-electron chi connectivity index (χ1n) is 36.3. The number of unbranched alkanes of at least 4 members (excludes halogenated alkanes) is 2. The van der Waals surface area contributed by atoms with E-state index in [0.29, 0.717) is 0 Å². The maximum Gasteiger partial charge on any atom is 0.0464 e. The molecule has 3 aliphatic carbocycles. The Morgan fingerprint density at radius 1 is 0.242 bits per heavy atom. The average Bonchev–Trinajstić information content (AvgIpc) is 1.57. The van der Waals surface area contributed by atoms with Crippen LogP contribution in [-0.4, -0.2) is 0 Å². The van der Waals surface area contributed by atoms with Gasteiger partial charge in [0.05, 0.1) is 0 Å². The van der Waals surface area contributed by atoms with E-state index in [1.54, 1.807) is 0 Å². The van der Waals surface area contributed by atoms with Crippen LogP contribution in [0.3, 0.4) is 0 Å². The van der Waals surface area contributed by atoms with E-state index in [1.807, 2.05) is 0 Å². The van der Waals surface area contributed by atoms with Gasteiger partial charge < -0.3 is 14.7 Å². The van der Waals surface area contributed by atoms with Crippen LogP contribution >= 0.6 is 0 Å². The minimum absolute atomic E-state index is 0.142. The van der Waals surface area contributed by atoms with E-state index >= 15 is 0 Å². The van der Waals surface area contributed by atoms with Crippen molar-refractivity contribution in [2.45, 2.75) is 159 Å². The lowest BCUT2D eigenvalue weighted by Crippen LogP contribution is -2.15. The summed E-state index contributed by atoms with van der Waals surface area (Å²) in [7, 11) is 0. The number of hydrogen-bond donors (Lipinski definition) is 0. The first-order chi connectivity index (χ1) is 47.7. The molecule has 99 heavy (non-hydrogen) atoms. The lowest BCUT2D eigenvalue weighted by atomic mass is 9.81. The van der Waals surface area contributed by atoms with E-state index in [4.69, 9.17) is 0 Å². The molecule has 0 radical (unpaired) electrons. The van der Waals surface area contributed by atoms with Crippen molar-refractivity contribution >= 4 is 51.2 Å². The van der Waals surface area contributed by atoms with Crippen LogP contribution in [0.4, 0.5) is 51.2 Å². The molecule has 12 aromatic carbocycles. The fourth-order valence-corrected chi connectivity index (χ4v) is 14.5. The Hall–Kier alpha value is -9.96. The minimum Gasteiger partial charge on any atom is -0.311 e. The fourth-order valence-electron chi connectivity index (χ4n) is 14.5. The Morgan fingerprint density at radius 3 is 0.707 bits per heavy atom. The van der Waals surface area contributed by atoms with Gasteiger partial charge in [-0.15, -0.1) is 0 Å². The van der Waals surface area contributed by atoms with Crippen LogP contribution in [-0.2, 0) is 36.5 Å². The molecule has 0 fully saturated rings. The quantitative estimate of drug-likeness (QED) is 0.101. The molecule has 3 heteroatoms. The van der Waals surface area contributed by atoms with Gasteiger partial charge in [-0.2, -0.15) is 0 Å². The van der Waals surface area contributed by atoms with Crippen LogP contribution in [0, 0.1) is 55.4 Å². The molecule has 0 aliphatic heterocycles. The van der Waals surface area contributed by atoms with Crippen LogP contribution < -0.4 is 14.7 Å². The second kappa shape index (κ2) is 30.0. The highest BCUT2D eigenvalue weighted by Crippen LogP contribution is 2.51. The van der Waals surface area contributed by atoms with Crippen LogP contribution in [0.15, 0.2) is 261 Å². The second-order valence-electron chi connectivity index (χ2n) is 29.3. The molecular formula is C96H101N3. The highest BCUT2D eigenvalue weighted by molar-refractivity contribution is 5.85. The summed E-state index contributed by atoms with van der Waals surface area (Å²) in [5, 5.41) is 0. The number of benzene rings is 12. The fraction of sp³-hybridized carbons (Fsp3) is 0.250. The maximum absolute atomic E-state index is 2.37. The van der Waals surface area contributed by atoms with Gasteiger partial charge in [-0.25, -0.2) is 0 Å². The molecule has 0 atom stereocenters. The molecule has 3 aliphatic rings. The highest BCUT2D eigenvalue weighted by Gasteiger charge is 2.36. The molecule has 0 saturated heterocycles. The zero-order valence-corrected chi connectivity index (χ0v) is 61.3. The SMILES string of the molecule is CCCCc1ccc(N(c2ccc(CCCC)cc2)c2ccc(N(c3ccc(C)cc3)c3ccc(C)cc3)cc2)cc1.Cc1ccc(N(c2ccc(C)cc2)c2ccc3c(c2)CC3)cc1.Cc1ccc2c(c1)C(C)(C)c1cc(C)ccc1-2.Cc1ccc2c(c1)C(C)(C)c1cc(C)ccc1-2. The van der Waals surface area contributed by atoms with E-state index in [1.165, 1.54) is 178 Å². The van der Waals surface area contributed by atoms with Crippen molar-refractivity contribution in [2.75, 3.05) is 14.7 Å². The van der Waals surface area contributed by atoms with Crippen LogP contribution in [0.1, 0.15) is 156 Å². The first kappa shape index (κ1) is 69.0. The molecule has 0 saturated carbocycles. The molecule has 0 amide bonds. The van der Waals surface area contributed by atoms with Gasteiger partial charge in [0.1, 0.15) is 0 Å². The van der Waals surface area contributed by atoms with Crippen LogP contribution in [0.2, 0.25) is 0 Å². The molecule has 3 nitrogen and oxygen atoms in total. The third kappa shape index (κ3) is 15.4. The topological polar surface area (TPSA) is 9.72 Å². The Kier molecular flexibility index (Phi) is 20.9. The number of rotatable bonds is 15. The van der Waals surface area contributed by atoms with E-state index in [0.717, 1.165) is 35.6 Å². The summed E-state index contributed by atoms with van der Waals surface area (Å²) >= 11 is 0. The summed E-state index contributed by atoms with van der Waals surface area (Å²) in [5.41, 5.74) is 38.7. The molecule has 0 N–H and O–H groups in total. The van der Waals surface area contributed by atoms with Crippen molar-refractivity contribution < 1.29 is 0 Å². The van der Waals surface area contributed by atoms with E-state index in [9.17, 15) is 0 Å². The van der Waals surface area contributed by atoms with Crippen molar-refractivity contribution in [3.8, 4) is 22.3 Å². The summed E-state index contributed by atoms with van der Waals surface area (Å²) in [6, 6.07) is 96.5. The summed E-state index contributed by atoms with van der Waals surface area (Å²) < 4.78 is 0. The Balaban J connectivity index is 0.000000136. The zero-order valence-electron chi connectivity index (χ0n) is 61.3. The van der Waals surface area contributed by atoms with Crippen LogP contribution in [0.5, 0.6) is 0 Å². The van der Waals surface area contributed by atoms with Gasteiger partial charge in [0.15, 0.2) is 0 Å². The van der Waals surface area contributed by atoms with Gasteiger partial charge in [-0.1, -0.05) is 251 Å². The smallest absolute Gasteiger partial charge is 0.0464 e. The molecule has 12 aromatic rings. The maximum atomic E-state index is 2.37. The van der Waals surface area contributed by atoms with Gasteiger partial charge in [0.25, 0.3) is 0 Å². The second-order valence-corrected chi connectivity index (χ2v) is 29.3. The van der Waals surface area contributed by atoms with Gasteiger partial charge in [0, 0.05) is 62.0 Å². The first-order valence-corrected chi connectivity index (χ1v) is 36.3. The minimum atomic E-state index is 0.142. The number of nitrogens with zero attached hydrogens (tertiary/aromatic N) is 3. The van der Waals surface area contributed by atoms with E-state index < -0.39 is 0 Å².